The first-order valence-corrected chi connectivity index (χ1v) is 11.6. The molecule has 4 aromatic rings. The molecule has 35 heavy (non-hydrogen) atoms. The minimum atomic E-state index is -4.38. The number of ether oxygens (including phenoxy) is 2. The zero-order valence-electron chi connectivity index (χ0n) is 18.9. The van der Waals surface area contributed by atoms with Crippen LogP contribution in [0.4, 0.5) is 13.2 Å². The van der Waals surface area contributed by atoms with Crippen molar-refractivity contribution in [2.75, 3.05) is 7.11 Å². The SMILES string of the molecule is CCCCc1nc(-c2ccc(C(F)(F)F)cc2)sc1COc1ccc(-c2noc(=O)[nH]2)c(OC)c1. The highest BCUT2D eigenvalue weighted by Crippen LogP contribution is 2.35. The van der Waals surface area contributed by atoms with E-state index in [0.29, 0.717) is 27.6 Å². The third-order valence-electron chi connectivity index (χ3n) is 5.24. The Morgan fingerprint density at radius 2 is 1.91 bits per heavy atom. The predicted octanol–water partition coefficient (Wildman–Crippen LogP) is 6.10. The fourth-order valence-electron chi connectivity index (χ4n) is 3.41. The largest absolute Gasteiger partial charge is 0.496 e. The van der Waals surface area contributed by atoms with Gasteiger partial charge < -0.3 is 9.47 Å². The predicted molar refractivity (Wildman–Crippen MR) is 125 cm³/mol. The van der Waals surface area contributed by atoms with Crippen LogP contribution in [0.25, 0.3) is 22.0 Å². The van der Waals surface area contributed by atoms with Crippen molar-refractivity contribution in [1.82, 2.24) is 15.1 Å². The Hall–Kier alpha value is -3.60. The number of unbranched alkanes of at least 4 members (excludes halogenated alkanes) is 1. The summed E-state index contributed by atoms with van der Waals surface area (Å²) in [4.78, 5) is 19.3. The topological polar surface area (TPSA) is 90.2 Å². The molecule has 7 nitrogen and oxygen atoms in total. The van der Waals surface area contributed by atoms with Crippen LogP contribution < -0.4 is 15.2 Å². The number of hydrogen-bond acceptors (Lipinski definition) is 7. The molecule has 0 unspecified atom stereocenters. The maximum Gasteiger partial charge on any atom is 0.439 e. The van der Waals surface area contributed by atoms with Crippen molar-refractivity contribution in [1.29, 1.82) is 0 Å². The molecule has 0 radical (unpaired) electrons. The Bertz CT molecular complexity index is 1340. The van der Waals surface area contributed by atoms with Crippen molar-refractivity contribution in [2.24, 2.45) is 0 Å². The quantitative estimate of drug-likeness (QED) is 0.296. The molecule has 11 heteroatoms. The number of aromatic nitrogens is 3. The van der Waals surface area contributed by atoms with Crippen LogP contribution >= 0.6 is 11.3 Å². The molecule has 0 amide bonds. The summed E-state index contributed by atoms with van der Waals surface area (Å²) in [5.74, 6) is 0.537. The first-order chi connectivity index (χ1) is 16.8. The molecular weight excluding hydrogens is 483 g/mol. The zero-order chi connectivity index (χ0) is 25.0. The van der Waals surface area contributed by atoms with Crippen LogP contribution in [0, 0.1) is 0 Å². The van der Waals surface area contributed by atoms with Crippen LogP contribution in [0.15, 0.2) is 51.8 Å². The van der Waals surface area contributed by atoms with E-state index in [1.165, 1.54) is 30.6 Å². The van der Waals surface area contributed by atoms with E-state index in [9.17, 15) is 18.0 Å². The summed E-state index contributed by atoms with van der Waals surface area (Å²) in [6, 6.07) is 10.1. The molecule has 2 aromatic heterocycles. The Morgan fingerprint density at radius 3 is 2.54 bits per heavy atom. The van der Waals surface area contributed by atoms with Crippen molar-refractivity contribution < 1.29 is 27.2 Å². The van der Waals surface area contributed by atoms with Gasteiger partial charge >= 0.3 is 11.9 Å². The first kappa shape index (κ1) is 24.5. The first-order valence-electron chi connectivity index (χ1n) is 10.8. The lowest BCUT2D eigenvalue weighted by Gasteiger charge is -2.10. The van der Waals surface area contributed by atoms with Crippen molar-refractivity contribution in [3.63, 3.8) is 0 Å². The van der Waals surface area contributed by atoms with E-state index < -0.39 is 17.5 Å². The second-order valence-corrected chi connectivity index (χ2v) is 8.75. The minimum Gasteiger partial charge on any atom is -0.496 e. The number of nitrogens with one attached hydrogen (secondary N) is 1. The summed E-state index contributed by atoms with van der Waals surface area (Å²) >= 11 is 1.40. The molecule has 2 aromatic carbocycles. The summed E-state index contributed by atoms with van der Waals surface area (Å²) in [5.41, 5.74) is 1.34. The molecule has 0 spiro atoms. The third-order valence-corrected chi connectivity index (χ3v) is 6.36. The van der Waals surface area contributed by atoms with Crippen LogP contribution in [0.2, 0.25) is 0 Å². The molecule has 2 heterocycles. The van der Waals surface area contributed by atoms with Crippen molar-refractivity contribution in [3.05, 3.63) is 69.1 Å². The van der Waals surface area contributed by atoms with E-state index in [-0.39, 0.29) is 12.4 Å². The van der Waals surface area contributed by atoms with Gasteiger partial charge in [-0.1, -0.05) is 30.6 Å². The lowest BCUT2D eigenvalue weighted by atomic mass is 10.1. The van der Waals surface area contributed by atoms with E-state index in [0.717, 1.165) is 42.0 Å². The number of alkyl halides is 3. The van der Waals surface area contributed by atoms with Gasteiger partial charge in [-0.3, -0.25) is 9.51 Å². The highest BCUT2D eigenvalue weighted by atomic mass is 32.1. The average molecular weight is 506 g/mol. The monoisotopic (exact) mass is 505 g/mol. The van der Waals surface area contributed by atoms with E-state index in [1.807, 2.05) is 0 Å². The van der Waals surface area contributed by atoms with Gasteiger partial charge in [0.25, 0.3) is 0 Å². The zero-order valence-corrected chi connectivity index (χ0v) is 19.8. The molecule has 4 rings (SSSR count). The molecule has 184 valence electrons. The van der Waals surface area contributed by atoms with Gasteiger partial charge in [0.05, 0.1) is 28.8 Å². The van der Waals surface area contributed by atoms with Crippen molar-refractivity contribution in [3.8, 4) is 33.5 Å². The summed E-state index contributed by atoms with van der Waals surface area (Å²) in [6.45, 7) is 2.32. The standard InChI is InChI=1S/C24H22F3N3O4S/c1-3-4-5-18-20(35-22(28-18)14-6-8-15(9-7-14)24(25,26)27)13-33-16-10-11-17(19(12-16)32-2)21-29-23(31)34-30-21/h6-12H,3-5,13H2,1-2H3,(H,29,30,31). The van der Waals surface area contributed by atoms with Crippen LogP contribution in [-0.4, -0.2) is 22.2 Å². The number of H-pyrrole nitrogens is 1. The number of aryl methyl sites for hydroxylation is 1. The molecule has 0 saturated carbocycles. The van der Waals surface area contributed by atoms with Gasteiger partial charge in [-0.05, 0) is 37.1 Å². The highest BCUT2D eigenvalue weighted by molar-refractivity contribution is 7.15. The van der Waals surface area contributed by atoms with Crippen LogP contribution in [0.5, 0.6) is 11.5 Å². The van der Waals surface area contributed by atoms with Gasteiger partial charge in [0.2, 0.25) is 0 Å². The van der Waals surface area contributed by atoms with E-state index in [2.05, 4.69) is 21.6 Å². The van der Waals surface area contributed by atoms with Crippen LogP contribution in [0.3, 0.4) is 0 Å². The number of halogens is 3. The molecule has 0 bridgehead atoms. The lowest BCUT2D eigenvalue weighted by Crippen LogP contribution is -2.03. The molecule has 1 N–H and O–H groups in total. The summed E-state index contributed by atoms with van der Waals surface area (Å²) < 4.78 is 54.7. The van der Waals surface area contributed by atoms with E-state index in [1.54, 1.807) is 18.2 Å². The molecule has 0 aliphatic rings. The molecule has 0 aliphatic carbocycles. The summed E-state index contributed by atoms with van der Waals surface area (Å²) in [6.07, 6.45) is -1.72. The van der Waals surface area contributed by atoms with Crippen LogP contribution in [-0.2, 0) is 19.2 Å². The fourth-order valence-corrected chi connectivity index (χ4v) is 4.44. The third kappa shape index (κ3) is 5.73. The molecule has 0 atom stereocenters. The normalized spacial score (nSPS) is 11.6. The number of methoxy groups -OCH3 is 1. The molecule has 0 aliphatic heterocycles. The number of aromatic amines is 1. The summed E-state index contributed by atoms with van der Waals surface area (Å²) in [7, 11) is 1.49. The van der Waals surface area contributed by atoms with Crippen molar-refractivity contribution >= 4 is 11.3 Å². The average Bonchev–Trinajstić information content (AvgIpc) is 3.46. The molecule has 0 saturated heterocycles. The molecular formula is C24H22F3N3O4S. The van der Waals surface area contributed by atoms with E-state index in [4.69, 9.17) is 14.5 Å². The van der Waals surface area contributed by atoms with Gasteiger partial charge in [-0.25, -0.2) is 9.78 Å². The maximum atomic E-state index is 12.9. The smallest absolute Gasteiger partial charge is 0.439 e. The van der Waals surface area contributed by atoms with Gasteiger partial charge in [-0.15, -0.1) is 11.3 Å². The number of benzene rings is 2. The van der Waals surface area contributed by atoms with Crippen molar-refractivity contribution in [2.45, 2.75) is 39.0 Å². The van der Waals surface area contributed by atoms with E-state index >= 15 is 0 Å². The molecule has 0 fully saturated rings. The second-order valence-electron chi connectivity index (χ2n) is 7.66. The highest BCUT2D eigenvalue weighted by Gasteiger charge is 2.30. The number of thiazole rings is 1. The second kappa shape index (κ2) is 10.3. The minimum absolute atomic E-state index is 0.237. The number of rotatable bonds is 9. The van der Waals surface area contributed by atoms with Gasteiger partial charge in [0.1, 0.15) is 23.1 Å². The van der Waals surface area contributed by atoms with Gasteiger partial charge in [0, 0.05) is 11.6 Å². The maximum absolute atomic E-state index is 12.9. The summed E-state index contributed by atoms with van der Waals surface area (Å²) in [5, 5.41) is 4.32. The van der Waals surface area contributed by atoms with Crippen LogP contribution in [0.1, 0.15) is 35.9 Å². The Morgan fingerprint density at radius 1 is 1.14 bits per heavy atom. The number of nitrogens with zero attached hydrogens (tertiary/aromatic N) is 2. The van der Waals surface area contributed by atoms with Gasteiger partial charge in [-0.2, -0.15) is 13.2 Å². The Labute approximate surface area is 202 Å². The number of hydrogen-bond donors (Lipinski definition) is 1. The Kier molecular flexibility index (Phi) is 7.25. The fraction of sp³-hybridized carbons (Fsp3) is 0.292. The lowest BCUT2D eigenvalue weighted by molar-refractivity contribution is -0.137. The van der Waals surface area contributed by atoms with Gasteiger partial charge in [0.15, 0.2) is 5.82 Å². The Balaban J connectivity index is 1.55.